The van der Waals surface area contributed by atoms with Crippen molar-refractivity contribution in [2.75, 3.05) is 10.5 Å². The Hall–Kier alpha value is -1.74. The molecule has 0 saturated heterocycles. The number of nitrogens with zero attached hydrogens (tertiary/aromatic N) is 2. The lowest BCUT2D eigenvalue weighted by atomic mass is 10.3. The number of nitrogens with two attached hydrogens (primary N) is 1. The first-order valence-electron chi connectivity index (χ1n) is 4.94. The maximum Gasteiger partial charge on any atom is 0.267 e. The standard InChI is InChI=1S/C10H8BrFN4O2S/c11-6-4-7(12)9(5-8(6)13)19(17,18)16-10-14-2-1-3-15-10/h1-5H,13H2,(H,14,15,16). The summed E-state index contributed by atoms with van der Waals surface area (Å²) in [5, 5.41) is 0. The highest BCUT2D eigenvalue weighted by atomic mass is 79.9. The summed E-state index contributed by atoms with van der Waals surface area (Å²) in [5.41, 5.74) is 5.65. The van der Waals surface area contributed by atoms with E-state index in [4.69, 9.17) is 5.73 Å². The van der Waals surface area contributed by atoms with Crippen molar-refractivity contribution in [3.63, 3.8) is 0 Å². The van der Waals surface area contributed by atoms with Crippen molar-refractivity contribution in [2.45, 2.75) is 4.90 Å². The molecule has 9 heteroatoms. The Bertz CT molecular complexity index is 709. The summed E-state index contributed by atoms with van der Waals surface area (Å²) >= 11 is 3.01. The smallest absolute Gasteiger partial charge is 0.267 e. The van der Waals surface area contributed by atoms with E-state index in [1.807, 2.05) is 0 Å². The van der Waals surface area contributed by atoms with Crippen LogP contribution in [0, 0.1) is 5.82 Å². The zero-order valence-corrected chi connectivity index (χ0v) is 11.7. The quantitative estimate of drug-likeness (QED) is 0.825. The van der Waals surface area contributed by atoms with Crippen molar-refractivity contribution < 1.29 is 12.8 Å². The van der Waals surface area contributed by atoms with Gasteiger partial charge in [0.15, 0.2) is 0 Å². The van der Waals surface area contributed by atoms with E-state index in [9.17, 15) is 12.8 Å². The zero-order chi connectivity index (χ0) is 14.0. The molecule has 0 unspecified atom stereocenters. The van der Waals surface area contributed by atoms with Crippen LogP contribution in [0.1, 0.15) is 0 Å². The number of aromatic nitrogens is 2. The minimum Gasteiger partial charge on any atom is -0.398 e. The van der Waals surface area contributed by atoms with Crippen LogP contribution in [0.25, 0.3) is 0 Å². The minimum atomic E-state index is -4.13. The van der Waals surface area contributed by atoms with Gasteiger partial charge in [-0.05, 0) is 34.1 Å². The molecule has 0 saturated carbocycles. The third kappa shape index (κ3) is 2.99. The van der Waals surface area contributed by atoms with Crippen molar-refractivity contribution in [1.82, 2.24) is 9.97 Å². The van der Waals surface area contributed by atoms with E-state index in [-0.39, 0.29) is 16.1 Å². The molecule has 0 bridgehead atoms. The molecular weight excluding hydrogens is 339 g/mol. The summed E-state index contributed by atoms with van der Waals surface area (Å²) in [5.74, 6) is -1.08. The first-order valence-corrected chi connectivity index (χ1v) is 7.22. The van der Waals surface area contributed by atoms with Gasteiger partial charge >= 0.3 is 0 Å². The molecule has 2 aromatic rings. The second kappa shape index (κ2) is 5.10. The maximum absolute atomic E-state index is 13.7. The molecular formula is C10H8BrFN4O2S. The van der Waals surface area contributed by atoms with Crippen LogP contribution in [-0.2, 0) is 10.0 Å². The summed E-state index contributed by atoms with van der Waals surface area (Å²) in [6.07, 6.45) is 2.72. The highest BCUT2D eigenvalue weighted by Crippen LogP contribution is 2.26. The van der Waals surface area contributed by atoms with E-state index >= 15 is 0 Å². The van der Waals surface area contributed by atoms with Crippen LogP contribution in [0.2, 0.25) is 0 Å². The van der Waals surface area contributed by atoms with E-state index in [1.54, 1.807) is 0 Å². The van der Waals surface area contributed by atoms with Crippen LogP contribution in [0.15, 0.2) is 40.0 Å². The number of anilines is 2. The predicted octanol–water partition coefficient (Wildman–Crippen LogP) is 1.76. The van der Waals surface area contributed by atoms with Gasteiger partial charge in [-0.3, -0.25) is 0 Å². The fraction of sp³-hybridized carbons (Fsp3) is 0. The maximum atomic E-state index is 13.7. The molecule has 19 heavy (non-hydrogen) atoms. The number of rotatable bonds is 3. The lowest BCUT2D eigenvalue weighted by Crippen LogP contribution is -2.16. The topological polar surface area (TPSA) is 98.0 Å². The van der Waals surface area contributed by atoms with Crippen LogP contribution in [0.3, 0.4) is 0 Å². The third-order valence-corrected chi connectivity index (χ3v) is 4.16. The summed E-state index contributed by atoms with van der Waals surface area (Å²) in [6.45, 7) is 0. The summed E-state index contributed by atoms with van der Waals surface area (Å²) in [4.78, 5) is 6.82. The zero-order valence-electron chi connectivity index (χ0n) is 9.34. The van der Waals surface area contributed by atoms with Gasteiger partial charge in [0.25, 0.3) is 10.0 Å². The molecule has 1 aromatic carbocycles. The van der Waals surface area contributed by atoms with Crippen molar-refractivity contribution in [1.29, 1.82) is 0 Å². The number of sulfonamides is 1. The van der Waals surface area contributed by atoms with Crippen molar-refractivity contribution in [2.24, 2.45) is 0 Å². The molecule has 6 nitrogen and oxygen atoms in total. The van der Waals surface area contributed by atoms with E-state index in [2.05, 4.69) is 30.6 Å². The minimum absolute atomic E-state index is 0.107. The van der Waals surface area contributed by atoms with Gasteiger partial charge in [0.05, 0.1) is 0 Å². The van der Waals surface area contributed by atoms with E-state index in [0.717, 1.165) is 12.1 Å². The molecule has 1 heterocycles. The van der Waals surface area contributed by atoms with Crippen LogP contribution in [0.5, 0.6) is 0 Å². The molecule has 3 N–H and O–H groups in total. The fourth-order valence-corrected chi connectivity index (χ4v) is 2.65. The molecule has 2 rings (SSSR count). The molecule has 100 valence electrons. The Morgan fingerprint density at radius 2 is 1.89 bits per heavy atom. The van der Waals surface area contributed by atoms with Crippen LogP contribution in [-0.4, -0.2) is 18.4 Å². The largest absolute Gasteiger partial charge is 0.398 e. The second-order valence-corrected chi connectivity index (χ2v) is 5.99. The van der Waals surface area contributed by atoms with Gasteiger partial charge in [-0.2, -0.15) is 0 Å². The van der Waals surface area contributed by atoms with Crippen molar-refractivity contribution in [3.05, 3.63) is 40.9 Å². The van der Waals surface area contributed by atoms with Gasteiger partial charge in [-0.25, -0.2) is 27.5 Å². The Kier molecular flexibility index (Phi) is 3.67. The lowest BCUT2D eigenvalue weighted by molar-refractivity contribution is 0.570. The fourth-order valence-electron chi connectivity index (χ4n) is 1.28. The summed E-state index contributed by atoms with van der Waals surface area (Å²) < 4.78 is 40.0. The van der Waals surface area contributed by atoms with Gasteiger partial charge < -0.3 is 5.73 Å². The molecule has 0 aliphatic carbocycles. The van der Waals surface area contributed by atoms with Gasteiger partial charge in [-0.1, -0.05) is 0 Å². The highest BCUT2D eigenvalue weighted by molar-refractivity contribution is 9.10. The molecule has 0 aliphatic rings. The van der Waals surface area contributed by atoms with Gasteiger partial charge in [0.1, 0.15) is 10.7 Å². The monoisotopic (exact) mass is 346 g/mol. The third-order valence-electron chi connectivity index (χ3n) is 2.13. The van der Waals surface area contributed by atoms with Gasteiger partial charge in [0.2, 0.25) is 5.95 Å². The first kappa shape index (κ1) is 13.7. The highest BCUT2D eigenvalue weighted by Gasteiger charge is 2.21. The summed E-state index contributed by atoms with van der Waals surface area (Å²) in [7, 11) is -4.13. The molecule has 1 aromatic heterocycles. The number of hydrogen-bond acceptors (Lipinski definition) is 5. The number of nitrogens with one attached hydrogen (secondary N) is 1. The number of hydrogen-bond donors (Lipinski definition) is 2. The van der Waals surface area contributed by atoms with Crippen molar-refractivity contribution in [3.8, 4) is 0 Å². The number of halogens is 2. The normalized spacial score (nSPS) is 11.3. The number of nitrogen functional groups attached to an aromatic ring is 1. The summed E-state index contributed by atoms with van der Waals surface area (Å²) in [6, 6.07) is 3.52. The molecule has 0 spiro atoms. The average Bonchev–Trinajstić information content (AvgIpc) is 2.34. The average molecular weight is 347 g/mol. The molecule has 0 fully saturated rings. The predicted molar refractivity (Wildman–Crippen MR) is 71.4 cm³/mol. The lowest BCUT2D eigenvalue weighted by Gasteiger charge is -2.08. The van der Waals surface area contributed by atoms with Gasteiger partial charge in [-0.15, -0.1) is 0 Å². The SMILES string of the molecule is Nc1cc(S(=O)(=O)Nc2ncccn2)c(F)cc1Br. The van der Waals surface area contributed by atoms with E-state index in [1.165, 1.54) is 18.5 Å². The second-order valence-electron chi connectivity index (χ2n) is 3.48. The molecule has 0 atom stereocenters. The van der Waals surface area contributed by atoms with Gasteiger partial charge in [0, 0.05) is 22.6 Å². The molecule has 0 radical (unpaired) electrons. The molecule has 0 amide bonds. The Morgan fingerprint density at radius 1 is 1.26 bits per heavy atom. The van der Waals surface area contributed by atoms with E-state index in [0.29, 0.717) is 0 Å². The van der Waals surface area contributed by atoms with Crippen LogP contribution in [0.4, 0.5) is 16.0 Å². The van der Waals surface area contributed by atoms with Crippen LogP contribution >= 0.6 is 15.9 Å². The van der Waals surface area contributed by atoms with Crippen molar-refractivity contribution >= 4 is 37.6 Å². The van der Waals surface area contributed by atoms with E-state index < -0.39 is 20.7 Å². The number of benzene rings is 1. The Morgan fingerprint density at radius 3 is 2.53 bits per heavy atom. The first-order chi connectivity index (χ1) is 8.90. The Labute approximate surface area is 117 Å². The Balaban J connectivity index is 2.43. The van der Waals surface area contributed by atoms with Crippen LogP contribution < -0.4 is 10.5 Å². The molecule has 0 aliphatic heterocycles.